The van der Waals surface area contributed by atoms with Gasteiger partial charge < -0.3 is 20.9 Å². The lowest BCUT2D eigenvalue weighted by Crippen LogP contribution is -2.62. The van der Waals surface area contributed by atoms with Gasteiger partial charge in [-0.2, -0.15) is 0 Å². The fraction of sp³-hybridized carbons (Fsp3) is 0.500. The second-order valence-corrected chi connectivity index (χ2v) is 14.6. The maximum atomic E-state index is 13.9. The molecular weight excluding hydrogens is 543 g/mol. The molecule has 6 nitrogen and oxygen atoms in total. The summed E-state index contributed by atoms with van der Waals surface area (Å²) in [6.45, 7) is 13.0. The Morgan fingerprint density at radius 1 is 0.975 bits per heavy atom. The second kappa shape index (κ2) is 10.4. The molecule has 2 heterocycles. The lowest BCUT2D eigenvalue weighted by molar-refractivity contribution is -0.121. The van der Waals surface area contributed by atoms with Gasteiger partial charge in [-0.3, -0.25) is 9.59 Å². The van der Waals surface area contributed by atoms with Gasteiger partial charge in [-0.25, -0.2) is 0 Å². The first-order valence-corrected chi connectivity index (χ1v) is 14.8. The highest BCUT2D eigenvalue weighted by atomic mass is 35.5. The molecule has 2 aromatic rings. The monoisotopic (exact) mass is 582 g/mol. The molecule has 1 saturated heterocycles. The summed E-state index contributed by atoms with van der Waals surface area (Å²) < 4.78 is 0. The molecule has 1 fully saturated rings. The summed E-state index contributed by atoms with van der Waals surface area (Å²) in [6, 6.07) is 13.0. The summed E-state index contributed by atoms with van der Waals surface area (Å²) >= 11 is 12.8. The highest BCUT2D eigenvalue weighted by molar-refractivity contribution is 6.42. The van der Waals surface area contributed by atoms with Crippen LogP contribution in [0.25, 0.3) is 0 Å². The van der Waals surface area contributed by atoms with E-state index in [9.17, 15) is 9.59 Å². The number of nitrogens with zero attached hydrogens (tertiary/aromatic N) is 1. The van der Waals surface area contributed by atoms with E-state index in [0.717, 1.165) is 41.9 Å². The van der Waals surface area contributed by atoms with Gasteiger partial charge >= 0.3 is 0 Å². The largest absolute Gasteiger partial charge is 0.357 e. The third kappa shape index (κ3) is 6.05. The first-order valence-electron chi connectivity index (χ1n) is 14.1. The molecule has 1 aliphatic carbocycles. The van der Waals surface area contributed by atoms with E-state index >= 15 is 0 Å². The molecule has 1 atom stereocenters. The van der Waals surface area contributed by atoms with Gasteiger partial charge in [0, 0.05) is 34.8 Å². The maximum absolute atomic E-state index is 13.9. The molecular formula is C32H40Cl2N4O2. The smallest absolute Gasteiger partial charge is 0.239 e. The quantitative estimate of drug-likeness (QED) is 0.360. The molecule has 214 valence electrons. The number of piperidine rings is 1. The number of carbonyl (C=O) groups is 2. The molecule has 0 spiro atoms. The molecule has 40 heavy (non-hydrogen) atoms. The number of allylic oxidation sites excluding steroid dienone is 1. The molecule has 5 rings (SSSR count). The van der Waals surface area contributed by atoms with E-state index < -0.39 is 6.04 Å². The zero-order chi connectivity index (χ0) is 29.0. The summed E-state index contributed by atoms with van der Waals surface area (Å²) in [5.74, 6) is 0.000826. The van der Waals surface area contributed by atoms with Gasteiger partial charge in [-0.1, -0.05) is 55.2 Å². The summed E-state index contributed by atoms with van der Waals surface area (Å²) in [6.07, 6.45) is 2.82. The SMILES string of the molecule is CC1(C)CC(=O)C2=C(C1)Nc1ccccc1N(CC(=O)NC1CC(C)(C)NC(C)(C)C1)C2c1ccc(Cl)c(Cl)c1. The van der Waals surface area contributed by atoms with Crippen molar-refractivity contribution in [3.8, 4) is 0 Å². The van der Waals surface area contributed by atoms with Gasteiger partial charge in [0.1, 0.15) is 0 Å². The van der Waals surface area contributed by atoms with Crippen LogP contribution >= 0.6 is 23.2 Å². The Morgan fingerprint density at radius 2 is 1.65 bits per heavy atom. The van der Waals surface area contributed by atoms with Crippen molar-refractivity contribution >= 4 is 46.3 Å². The average molecular weight is 584 g/mol. The van der Waals surface area contributed by atoms with E-state index in [1.54, 1.807) is 6.07 Å². The van der Waals surface area contributed by atoms with Gasteiger partial charge in [-0.15, -0.1) is 0 Å². The van der Waals surface area contributed by atoms with Crippen molar-refractivity contribution < 1.29 is 9.59 Å². The number of nitrogens with one attached hydrogen (secondary N) is 3. The number of para-hydroxylation sites is 2. The highest BCUT2D eigenvalue weighted by Gasteiger charge is 2.43. The molecule has 2 aliphatic heterocycles. The van der Waals surface area contributed by atoms with Crippen LogP contribution in [0, 0.1) is 5.41 Å². The molecule has 1 unspecified atom stereocenters. The number of benzene rings is 2. The van der Waals surface area contributed by atoms with Crippen molar-refractivity contribution in [3.63, 3.8) is 0 Å². The van der Waals surface area contributed by atoms with E-state index in [0.29, 0.717) is 22.0 Å². The molecule has 3 aliphatic rings. The number of rotatable bonds is 4. The van der Waals surface area contributed by atoms with Crippen molar-refractivity contribution in [2.45, 2.75) is 90.4 Å². The van der Waals surface area contributed by atoms with E-state index in [4.69, 9.17) is 23.2 Å². The molecule has 3 N–H and O–H groups in total. The van der Waals surface area contributed by atoms with Gasteiger partial charge in [0.25, 0.3) is 0 Å². The first-order chi connectivity index (χ1) is 18.6. The van der Waals surface area contributed by atoms with Crippen LogP contribution in [0.2, 0.25) is 10.0 Å². The zero-order valence-corrected chi connectivity index (χ0v) is 25.8. The van der Waals surface area contributed by atoms with Gasteiger partial charge in [-0.05, 0) is 82.2 Å². The number of ketones is 1. The Hall–Kier alpha value is -2.54. The summed E-state index contributed by atoms with van der Waals surface area (Å²) in [5.41, 5.74) is 3.78. The van der Waals surface area contributed by atoms with Crippen LogP contribution in [0.15, 0.2) is 53.7 Å². The molecule has 0 bridgehead atoms. The zero-order valence-electron chi connectivity index (χ0n) is 24.3. The average Bonchev–Trinajstić information content (AvgIpc) is 2.92. The lowest BCUT2D eigenvalue weighted by atomic mass is 9.73. The van der Waals surface area contributed by atoms with Crippen LogP contribution in [-0.2, 0) is 9.59 Å². The van der Waals surface area contributed by atoms with Crippen molar-refractivity contribution in [2.75, 3.05) is 16.8 Å². The van der Waals surface area contributed by atoms with E-state index in [-0.39, 0.29) is 40.8 Å². The van der Waals surface area contributed by atoms with Crippen LogP contribution in [0.3, 0.4) is 0 Å². The van der Waals surface area contributed by atoms with Crippen LogP contribution in [0.4, 0.5) is 11.4 Å². The van der Waals surface area contributed by atoms with E-state index in [2.05, 4.69) is 57.5 Å². The predicted molar refractivity (Wildman–Crippen MR) is 164 cm³/mol. The minimum absolute atomic E-state index is 0.0365. The van der Waals surface area contributed by atoms with Gasteiger partial charge in [0.2, 0.25) is 5.91 Å². The molecule has 0 radical (unpaired) electrons. The summed E-state index contributed by atoms with van der Waals surface area (Å²) in [5, 5.41) is 11.5. The molecule has 8 heteroatoms. The number of halogens is 2. The van der Waals surface area contributed by atoms with Crippen LogP contribution < -0.4 is 20.9 Å². The minimum atomic E-state index is -0.504. The molecule has 2 aromatic carbocycles. The molecule has 1 amide bonds. The third-order valence-electron chi connectivity index (χ3n) is 8.13. The Kier molecular flexibility index (Phi) is 7.52. The number of hydrogen-bond acceptors (Lipinski definition) is 5. The maximum Gasteiger partial charge on any atom is 0.239 e. The standard InChI is InChI=1S/C32H40Cl2N4O2/c1-30(2)16-24-28(26(39)17-30)29(19-11-12-21(33)22(34)13-19)38(25-10-8-7-9-23(25)36-24)18-27(40)35-20-14-31(3,4)37-32(5,6)15-20/h7-13,20,29,36-37H,14-18H2,1-6H3,(H,35,40). The summed E-state index contributed by atoms with van der Waals surface area (Å²) in [4.78, 5) is 29.8. The molecule has 0 saturated carbocycles. The topological polar surface area (TPSA) is 73.5 Å². The van der Waals surface area contributed by atoms with E-state index in [1.807, 2.05) is 41.3 Å². The number of Topliss-reactive ketones (excluding diaryl/α,β-unsaturated/α-hetero) is 1. The van der Waals surface area contributed by atoms with Crippen molar-refractivity contribution in [1.82, 2.24) is 10.6 Å². The predicted octanol–water partition coefficient (Wildman–Crippen LogP) is 7.04. The first kappa shape index (κ1) is 29.0. The van der Waals surface area contributed by atoms with E-state index in [1.165, 1.54) is 0 Å². The number of anilines is 2. The Bertz CT molecular complexity index is 1360. The highest BCUT2D eigenvalue weighted by Crippen LogP contribution is 2.48. The van der Waals surface area contributed by atoms with Gasteiger partial charge in [0.15, 0.2) is 5.78 Å². The number of fused-ring (bicyclic) bond motifs is 1. The normalized spacial score (nSPS) is 23.6. The molecule has 0 aromatic heterocycles. The Balaban J connectivity index is 1.58. The minimum Gasteiger partial charge on any atom is -0.357 e. The van der Waals surface area contributed by atoms with Crippen molar-refractivity contribution in [1.29, 1.82) is 0 Å². The second-order valence-electron chi connectivity index (χ2n) is 13.7. The fourth-order valence-electron chi connectivity index (χ4n) is 7.11. The third-order valence-corrected chi connectivity index (χ3v) is 8.87. The number of hydrogen-bond donors (Lipinski definition) is 3. The Morgan fingerprint density at radius 3 is 2.33 bits per heavy atom. The number of amides is 1. The van der Waals surface area contributed by atoms with Crippen LogP contribution in [-0.4, -0.2) is 35.4 Å². The van der Waals surface area contributed by atoms with Crippen LogP contribution in [0.1, 0.15) is 78.8 Å². The number of carbonyl (C=O) groups excluding carboxylic acids is 2. The summed E-state index contributed by atoms with van der Waals surface area (Å²) in [7, 11) is 0. The Labute approximate surface area is 247 Å². The lowest BCUT2D eigenvalue weighted by Gasteiger charge is -2.46. The van der Waals surface area contributed by atoms with Crippen molar-refractivity contribution in [3.05, 3.63) is 69.3 Å². The van der Waals surface area contributed by atoms with Gasteiger partial charge in [0.05, 0.1) is 34.0 Å². The fourth-order valence-corrected chi connectivity index (χ4v) is 7.42. The van der Waals surface area contributed by atoms with Crippen molar-refractivity contribution in [2.24, 2.45) is 5.41 Å². The van der Waals surface area contributed by atoms with Crippen LogP contribution in [0.5, 0.6) is 0 Å².